The van der Waals surface area contributed by atoms with Crippen LogP contribution in [0, 0.1) is 10.1 Å². The van der Waals surface area contributed by atoms with Gasteiger partial charge in [-0.25, -0.2) is 4.63 Å². The minimum atomic E-state index is -1.43. The Balaban J connectivity index is 1.08. The second-order valence-electron chi connectivity index (χ2n) is 9.37. The van der Waals surface area contributed by atoms with Crippen molar-refractivity contribution >= 4 is 22.4 Å². The van der Waals surface area contributed by atoms with Crippen molar-refractivity contribution in [2.45, 2.75) is 82.3 Å². The molecule has 39 heavy (non-hydrogen) atoms. The van der Waals surface area contributed by atoms with Crippen molar-refractivity contribution in [1.29, 1.82) is 0 Å². The number of nitro groups is 1. The monoisotopic (exact) mass is 551 g/mol. The molecule has 1 fully saturated rings. The van der Waals surface area contributed by atoms with Crippen LogP contribution in [0.25, 0.3) is 11.0 Å². The molecule has 3 aromatic rings. The van der Waals surface area contributed by atoms with Gasteiger partial charge in [0.2, 0.25) is 5.52 Å². The first kappa shape index (κ1) is 28.7. The number of nitrogens with zero attached hydrogens (tertiary/aromatic N) is 6. The van der Waals surface area contributed by atoms with Gasteiger partial charge in [0.15, 0.2) is 11.8 Å². The number of ether oxygens (including phenoxy) is 2. The van der Waals surface area contributed by atoms with Crippen LogP contribution in [0.15, 0.2) is 23.0 Å². The van der Waals surface area contributed by atoms with E-state index in [1.807, 2.05) is 6.20 Å². The summed E-state index contributed by atoms with van der Waals surface area (Å²) in [5.74, 6) is 0. The molecule has 2 aromatic heterocycles. The number of non-ortho nitro benzene ring substituents is 1. The molecule has 1 aliphatic heterocycles. The Bertz CT molecular complexity index is 1200. The Hall–Kier alpha value is -3.28. The summed E-state index contributed by atoms with van der Waals surface area (Å²) < 4.78 is 17.3. The molecular weight excluding hydrogens is 518 g/mol. The van der Waals surface area contributed by atoms with Gasteiger partial charge >= 0.3 is 5.69 Å². The zero-order valence-corrected chi connectivity index (χ0v) is 21.2. The van der Waals surface area contributed by atoms with Gasteiger partial charge in [0.05, 0.1) is 30.0 Å². The zero-order chi connectivity index (χ0) is 27.8. The van der Waals surface area contributed by atoms with E-state index in [1.54, 1.807) is 10.7 Å². The van der Waals surface area contributed by atoms with Crippen LogP contribution in [0.3, 0.4) is 0 Å². The molecule has 16 heteroatoms. The Morgan fingerprint density at radius 1 is 1.03 bits per heavy atom. The van der Waals surface area contributed by atoms with Gasteiger partial charge < -0.3 is 35.2 Å². The fraction of sp³-hybridized carbons (Fsp3) is 0.652. The van der Waals surface area contributed by atoms with Crippen LogP contribution in [0.1, 0.15) is 44.2 Å². The highest BCUT2D eigenvalue weighted by molar-refractivity contribution is 5.93. The van der Waals surface area contributed by atoms with Gasteiger partial charge in [-0.1, -0.05) is 30.9 Å². The first-order valence-corrected chi connectivity index (χ1v) is 12.8. The number of benzene rings is 1. The smallest absolute Gasteiger partial charge is 0.300 e. The van der Waals surface area contributed by atoms with Crippen LogP contribution in [-0.2, 0) is 22.6 Å². The van der Waals surface area contributed by atoms with Crippen LogP contribution in [0.4, 0.5) is 11.4 Å². The average Bonchev–Trinajstić information content (AvgIpc) is 3.60. The van der Waals surface area contributed by atoms with E-state index in [9.17, 15) is 30.5 Å². The largest absolute Gasteiger partial charge is 0.394 e. The Morgan fingerprint density at radius 3 is 2.54 bits per heavy atom. The minimum Gasteiger partial charge on any atom is -0.394 e. The highest BCUT2D eigenvalue weighted by Gasteiger charge is 2.43. The van der Waals surface area contributed by atoms with Crippen molar-refractivity contribution < 1.29 is 39.5 Å². The molecule has 214 valence electrons. The highest BCUT2D eigenvalue weighted by atomic mass is 16.7. The first-order chi connectivity index (χ1) is 18.9. The number of aliphatic hydroxyl groups is 4. The molecule has 1 aromatic carbocycles. The van der Waals surface area contributed by atoms with Gasteiger partial charge in [-0.2, -0.15) is 0 Å². The maximum absolute atomic E-state index is 11.1. The van der Waals surface area contributed by atoms with Crippen LogP contribution in [0.5, 0.6) is 0 Å². The summed E-state index contributed by atoms with van der Waals surface area (Å²) >= 11 is 0. The Labute approximate surface area is 222 Å². The van der Waals surface area contributed by atoms with Gasteiger partial charge in [0, 0.05) is 19.2 Å². The molecule has 3 heterocycles. The number of aliphatic hydroxyl groups excluding tert-OH is 4. The predicted molar refractivity (Wildman–Crippen MR) is 133 cm³/mol. The predicted octanol–water partition coefficient (Wildman–Crippen LogP) is 0.492. The van der Waals surface area contributed by atoms with Crippen LogP contribution >= 0.6 is 0 Å². The summed E-state index contributed by atoms with van der Waals surface area (Å²) in [5.41, 5.74) is 1.43. The molecule has 16 nitrogen and oxygen atoms in total. The Morgan fingerprint density at radius 2 is 1.77 bits per heavy atom. The summed E-state index contributed by atoms with van der Waals surface area (Å²) in [6.45, 7) is 0.925. The topological polar surface area (TPSA) is 224 Å². The summed E-state index contributed by atoms with van der Waals surface area (Å²) in [6, 6.07) is 2.90. The molecule has 5 N–H and O–H groups in total. The van der Waals surface area contributed by atoms with Crippen molar-refractivity contribution in [3.05, 3.63) is 34.1 Å². The number of aryl methyl sites for hydroxylation is 1. The van der Waals surface area contributed by atoms with E-state index < -0.39 is 42.2 Å². The molecule has 0 radical (unpaired) electrons. The van der Waals surface area contributed by atoms with Gasteiger partial charge in [-0.3, -0.25) is 14.8 Å². The average molecular weight is 552 g/mol. The van der Waals surface area contributed by atoms with Crippen molar-refractivity contribution in [3.8, 4) is 0 Å². The third kappa shape index (κ3) is 7.23. The number of unbranched alkanes of at least 4 members (excludes halogenated alkanes) is 5. The van der Waals surface area contributed by atoms with Crippen molar-refractivity contribution in [3.63, 3.8) is 0 Å². The van der Waals surface area contributed by atoms with Gasteiger partial charge in [-0.05, 0) is 29.2 Å². The van der Waals surface area contributed by atoms with Crippen LogP contribution < -0.4 is 5.32 Å². The number of anilines is 1. The van der Waals surface area contributed by atoms with E-state index in [1.165, 1.54) is 6.07 Å². The molecule has 0 saturated carbocycles. The number of hydrogen-bond donors (Lipinski definition) is 5. The number of rotatable bonds is 15. The number of fused-ring (bicyclic) bond motifs is 1. The van der Waals surface area contributed by atoms with Gasteiger partial charge in [-0.15, -0.1) is 5.10 Å². The van der Waals surface area contributed by atoms with E-state index in [-0.39, 0.29) is 16.7 Å². The van der Waals surface area contributed by atoms with E-state index in [0.29, 0.717) is 24.5 Å². The molecular formula is C23H33N7O9. The third-order valence-corrected chi connectivity index (χ3v) is 6.55. The number of nitro benzene ring substituents is 1. The molecule has 0 bridgehead atoms. The summed E-state index contributed by atoms with van der Waals surface area (Å²) in [6.07, 6.45) is 1.25. The highest BCUT2D eigenvalue weighted by Crippen LogP contribution is 2.29. The van der Waals surface area contributed by atoms with Gasteiger partial charge in [0.1, 0.15) is 30.1 Å². The maximum Gasteiger partial charge on any atom is 0.300 e. The fourth-order valence-corrected chi connectivity index (χ4v) is 4.35. The van der Waals surface area contributed by atoms with Gasteiger partial charge in [0.25, 0.3) is 0 Å². The third-order valence-electron chi connectivity index (χ3n) is 6.55. The normalized spacial score (nSPS) is 23.3. The van der Waals surface area contributed by atoms with E-state index >= 15 is 0 Å². The second-order valence-corrected chi connectivity index (χ2v) is 9.37. The Kier molecular flexibility index (Phi) is 10.1. The fourth-order valence-electron chi connectivity index (χ4n) is 4.35. The second kappa shape index (κ2) is 13.7. The molecule has 0 aliphatic carbocycles. The SMILES string of the molecule is O=[N+]([O-])c1ccc(NCc2cn(CCCCCCCCO[C@@H]3O[C@H](CO)[C@H](O)[C@H](O)[C@H]3O)nn2)c2nonc12. The van der Waals surface area contributed by atoms with Crippen molar-refractivity contribution in [2.75, 3.05) is 18.5 Å². The molecule has 0 spiro atoms. The minimum absolute atomic E-state index is 0.0787. The molecule has 1 aliphatic rings. The molecule has 5 atom stereocenters. The quantitative estimate of drug-likeness (QED) is 0.0985. The van der Waals surface area contributed by atoms with Crippen molar-refractivity contribution in [2.24, 2.45) is 0 Å². The standard InChI is InChI=1S/C23H33N7O9/c31-13-17-20(32)21(33)22(34)23(38-17)37-10-6-4-2-1-3-5-9-29-12-14(25-28-29)11-24-15-7-8-16(30(35)36)19-18(15)26-39-27-19/h7-8,12,17,20-24,31-34H,1-6,9-11,13H2/t17-,20+,21+,22-,23-/m1/s1. The molecule has 4 rings (SSSR count). The van der Waals surface area contributed by atoms with Crippen LogP contribution in [-0.4, -0.2) is 94.6 Å². The number of hydrogen-bond acceptors (Lipinski definition) is 14. The first-order valence-electron chi connectivity index (χ1n) is 12.8. The zero-order valence-electron chi connectivity index (χ0n) is 21.2. The van der Waals surface area contributed by atoms with E-state index in [2.05, 4.69) is 30.6 Å². The van der Waals surface area contributed by atoms with E-state index in [4.69, 9.17) is 9.47 Å². The number of aromatic nitrogens is 5. The van der Waals surface area contributed by atoms with Crippen LogP contribution in [0.2, 0.25) is 0 Å². The summed E-state index contributed by atoms with van der Waals surface area (Å²) in [5, 5.41) is 68.7. The van der Waals surface area contributed by atoms with E-state index in [0.717, 1.165) is 45.1 Å². The molecule has 0 unspecified atom stereocenters. The summed E-state index contributed by atoms with van der Waals surface area (Å²) in [4.78, 5) is 10.6. The maximum atomic E-state index is 11.1. The molecule has 1 saturated heterocycles. The van der Waals surface area contributed by atoms with Crippen molar-refractivity contribution in [1.82, 2.24) is 25.3 Å². The molecule has 0 amide bonds. The number of nitrogens with one attached hydrogen (secondary N) is 1. The summed E-state index contributed by atoms with van der Waals surface area (Å²) in [7, 11) is 0. The lowest BCUT2D eigenvalue weighted by Gasteiger charge is -2.39. The lowest BCUT2D eigenvalue weighted by atomic mass is 9.99. The lowest BCUT2D eigenvalue weighted by molar-refractivity contribution is -0.383. The lowest BCUT2D eigenvalue weighted by Crippen LogP contribution is -2.59.